The number of hydrogen-bond donors (Lipinski definition) is 3. The molecule has 0 radical (unpaired) electrons. The van der Waals surface area contributed by atoms with E-state index in [0.717, 1.165) is 88.2 Å². The molecule has 2 saturated carbocycles. The topological polar surface area (TPSA) is 124 Å². The average Bonchev–Trinajstić information content (AvgIpc) is 3.58. The van der Waals surface area contributed by atoms with Crippen molar-refractivity contribution >= 4 is 17.7 Å². The molecule has 3 aromatic rings. The summed E-state index contributed by atoms with van der Waals surface area (Å²) in [5.41, 5.74) is 2.48. The molecule has 2 aliphatic carbocycles. The van der Waals surface area contributed by atoms with Crippen molar-refractivity contribution in [3.8, 4) is 0 Å². The number of hydrogen-bond acceptors (Lipinski definition) is 6. The number of unbranched alkanes of at least 4 members (excludes halogenated alkanes) is 1. The van der Waals surface area contributed by atoms with E-state index in [-0.39, 0.29) is 59.9 Å². The Morgan fingerprint density at radius 1 is 0.784 bits per heavy atom. The van der Waals surface area contributed by atoms with Gasteiger partial charge < -0.3 is 25.4 Å². The molecule has 5 atom stereocenters. The minimum atomic E-state index is -0.370. The van der Waals surface area contributed by atoms with Crippen molar-refractivity contribution in [2.24, 2.45) is 5.92 Å². The Morgan fingerprint density at radius 2 is 1.35 bits per heavy atom. The molecule has 1 aromatic heterocycles. The second-order valence-corrected chi connectivity index (χ2v) is 14.2. The summed E-state index contributed by atoms with van der Waals surface area (Å²) in [5, 5.41) is 13.9. The summed E-state index contributed by atoms with van der Waals surface area (Å²) < 4.78 is 14.0. The van der Waals surface area contributed by atoms with E-state index in [9.17, 15) is 14.4 Å². The van der Waals surface area contributed by atoms with Gasteiger partial charge in [-0.05, 0) is 49.1 Å². The van der Waals surface area contributed by atoms with Crippen LogP contribution in [-0.4, -0.2) is 58.3 Å². The summed E-state index contributed by atoms with van der Waals surface area (Å²) in [6.45, 7) is 5.60. The fraction of sp³-hybridized carbons (Fsp3) is 0.561. The molecule has 5 rings (SSSR count). The third-order valence-electron chi connectivity index (χ3n) is 10.3. The molecule has 0 aliphatic heterocycles. The van der Waals surface area contributed by atoms with E-state index in [1.807, 2.05) is 60.7 Å². The van der Waals surface area contributed by atoms with Gasteiger partial charge in [0.2, 0.25) is 5.91 Å². The molecule has 1 heterocycles. The van der Waals surface area contributed by atoms with Crippen LogP contribution in [0.5, 0.6) is 0 Å². The van der Waals surface area contributed by atoms with Gasteiger partial charge in [-0.15, -0.1) is 0 Å². The Bertz CT molecular complexity index is 1510. The van der Waals surface area contributed by atoms with Crippen LogP contribution in [0.2, 0.25) is 0 Å². The fourth-order valence-corrected chi connectivity index (χ4v) is 7.21. The zero-order chi connectivity index (χ0) is 35.8. The zero-order valence-electron chi connectivity index (χ0n) is 30.5. The highest BCUT2D eigenvalue weighted by Gasteiger charge is 2.31. The molecule has 276 valence electrons. The molecule has 2 fully saturated rings. The highest BCUT2D eigenvalue weighted by Crippen LogP contribution is 2.24. The first-order chi connectivity index (χ1) is 24.9. The largest absolute Gasteiger partial charge is 0.371 e. The quantitative estimate of drug-likeness (QED) is 0.135. The molecule has 10 heteroatoms. The number of amides is 3. The summed E-state index contributed by atoms with van der Waals surface area (Å²) in [6.07, 6.45) is 11.3. The van der Waals surface area contributed by atoms with Gasteiger partial charge in [-0.3, -0.25) is 14.4 Å². The van der Waals surface area contributed by atoms with Crippen LogP contribution >= 0.6 is 0 Å². The maximum absolute atomic E-state index is 14.0. The number of carbonyl (C=O) groups excluding carboxylic acids is 3. The number of aromatic nitrogens is 2. The molecule has 3 N–H and O–H groups in total. The van der Waals surface area contributed by atoms with Gasteiger partial charge in [-0.1, -0.05) is 119 Å². The van der Waals surface area contributed by atoms with Gasteiger partial charge in [0.15, 0.2) is 5.69 Å². The zero-order valence-corrected chi connectivity index (χ0v) is 30.5. The summed E-state index contributed by atoms with van der Waals surface area (Å²) in [6, 6.07) is 21.2. The summed E-state index contributed by atoms with van der Waals surface area (Å²) in [7, 11) is 0. The molecular weight excluding hydrogens is 642 g/mol. The Labute approximate surface area is 303 Å². The van der Waals surface area contributed by atoms with Crippen molar-refractivity contribution < 1.29 is 23.9 Å². The minimum absolute atomic E-state index is 0.108. The molecule has 10 nitrogen and oxygen atoms in total. The van der Waals surface area contributed by atoms with Gasteiger partial charge in [-0.2, -0.15) is 5.10 Å². The van der Waals surface area contributed by atoms with Crippen LogP contribution < -0.4 is 16.0 Å². The van der Waals surface area contributed by atoms with Crippen LogP contribution in [0.1, 0.15) is 123 Å². The van der Waals surface area contributed by atoms with Gasteiger partial charge in [0.05, 0.1) is 37.5 Å². The number of rotatable bonds is 18. The Kier molecular flexibility index (Phi) is 15.1. The lowest BCUT2D eigenvalue weighted by Gasteiger charge is -2.32. The molecule has 0 bridgehead atoms. The molecule has 0 saturated heterocycles. The third kappa shape index (κ3) is 11.8. The highest BCUT2D eigenvalue weighted by molar-refractivity contribution is 5.98. The standard InChI is InChI=1S/C41H57N5O5/c1-3-5-16-30(4-2)26-42-40(48)35-25-36(41(49)44-34-22-13-15-24-38(34)51-29-32-19-10-7-11-20-32)46(45-35)27-39(47)43-33-21-12-14-23-37(33)50-28-31-17-8-6-9-18-31/h6-11,17-20,25,30,33-34,37-38H,3-5,12-16,21-24,26-29H2,1-2H3,(H,42,48)(H,43,47)(H,44,49)/t30?,33?,34-,37-,38-/m0/s1. The Morgan fingerprint density at radius 3 is 1.92 bits per heavy atom. The van der Waals surface area contributed by atoms with Crippen molar-refractivity contribution in [2.75, 3.05) is 6.54 Å². The van der Waals surface area contributed by atoms with E-state index in [1.54, 1.807) is 0 Å². The molecule has 2 aliphatic rings. The first-order valence-electron chi connectivity index (χ1n) is 19.2. The third-order valence-corrected chi connectivity index (χ3v) is 10.3. The Balaban J connectivity index is 1.27. The molecule has 3 amide bonds. The maximum Gasteiger partial charge on any atom is 0.271 e. The normalized spacial score (nSPS) is 21.1. The van der Waals surface area contributed by atoms with Crippen LogP contribution in [0.15, 0.2) is 66.7 Å². The smallest absolute Gasteiger partial charge is 0.271 e. The van der Waals surface area contributed by atoms with E-state index in [4.69, 9.17) is 9.47 Å². The molecule has 51 heavy (non-hydrogen) atoms. The van der Waals surface area contributed by atoms with Crippen LogP contribution in [0.3, 0.4) is 0 Å². The number of nitrogens with one attached hydrogen (secondary N) is 3. The monoisotopic (exact) mass is 699 g/mol. The van der Waals surface area contributed by atoms with E-state index >= 15 is 0 Å². The van der Waals surface area contributed by atoms with Crippen LogP contribution in [-0.2, 0) is 34.0 Å². The number of ether oxygens (including phenoxy) is 2. The van der Waals surface area contributed by atoms with Crippen LogP contribution in [0.25, 0.3) is 0 Å². The number of carbonyl (C=O) groups is 3. The predicted octanol–water partition coefficient (Wildman–Crippen LogP) is 6.73. The van der Waals surface area contributed by atoms with E-state index in [2.05, 4.69) is 34.9 Å². The van der Waals surface area contributed by atoms with Crippen molar-refractivity contribution in [2.45, 2.75) is 135 Å². The molecule has 2 aromatic carbocycles. The number of benzene rings is 2. The van der Waals surface area contributed by atoms with Gasteiger partial charge in [-0.25, -0.2) is 4.68 Å². The predicted molar refractivity (Wildman–Crippen MR) is 198 cm³/mol. The summed E-state index contributed by atoms with van der Waals surface area (Å²) in [5.74, 6) is -0.616. The fourth-order valence-electron chi connectivity index (χ4n) is 7.21. The minimum Gasteiger partial charge on any atom is -0.371 e. The second kappa shape index (κ2) is 20.1. The first kappa shape index (κ1) is 38.2. The molecule has 0 spiro atoms. The molecule has 2 unspecified atom stereocenters. The lowest BCUT2D eigenvalue weighted by molar-refractivity contribution is -0.124. The van der Waals surface area contributed by atoms with Crippen molar-refractivity contribution in [3.05, 3.63) is 89.2 Å². The lowest BCUT2D eigenvalue weighted by atomic mass is 9.92. The van der Waals surface area contributed by atoms with E-state index in [0.29, 0.717) is 25.7 Å². The first-order valence-corrected chi connectivity index (χ1v) is 19.2. The average molecular weight is 700 g/mol. The van der Waals surface area contributed by atoms with Crippen molar-refractivity contribution in [1.82, 2.24) is 25.7 Å². The highest BCUT2D eigenvalue weighted by atomic mass is 16.5. The number of nitrogens with zero attached hydrogens (tertiary/aromatic N) is 2. The van der Waals surface area contributed by atoms with Crippen LogP contribution in [0, 0.1) is 5.92 Å². The second-order valence-electron chi connectivity index (χ2n) is 14.2. The van der Waals surface area contributed by atoms with Crippen molar-refractivity contribution in [1.29, 1.82) is 0 Å². The van der Waals surface area contributed by atoms with Crippen molar-refractivity contribution in [3.63, 3.8) is 0 Å². The maximum atomic E-state index is 14.0. The molecular formula is C41H57N5O5. The van der Waals surface area contributed by atoms with Gasteiger partial charge in [0, 0.05) is 12.6 Å². The van der Waals surface area contributed by atoms with Gasteiger partial charge in [0.25, 0.3) is 11.8 Å². The summed E-state index contributed by atoms with van der Waals surface area (Å²) >= 11 is 0. The van der Waals surface area contributed by atoms with Crippen LogP contribution in [0.4, 0.5) is 0 Å². The van der Waals surface area contributed by atoms with Gasteiger partial charge in [0.1, 0.15) is 12.2 Å². The Hall–Kier alpha value is -4.02. The van der Waals surface area contributed by atoms with Gasteiger partial charge >= 0.3 is 0 Å². The lowest BCUT2D eigenvalue weighted by Crippen LogP contribution is -2.48. The van der Waals surface area contributed by atoms with E-state index in [1.165, 1.54) is 10.7 Å². The summed E-state index contributed by atoms with van der Waals surface area (Å²) in [4.78, 5) is 40.9. The van der Waals surface area contributed by atoms with E-state index < -0.39 is 0 Å². The SMILES string of the molecule is CCCCC(CC)CNC(=O)c1cc(C(=O)N[C@H]2CCCC[C@@H]2OCc2ccccc2)n(CC(=O)NC2CCCC[C@@H]2OCc2ccccc2)n1.